The van der Waals surface area contributed by atoms with Gasteiger partial charge in [0.1, 0.15) is 0 Å². The Morgan fingerprint density at radius 3 is 2.54 bits per heavy atom. The van der Waals surface area contributed by atoms with Crippen LogP contribution in [0.4, 0.5) is 0 Å². The van der Waals surface area contributed by atoms with Crippen molar-refractivity contribution < 1.29 is 14.3 Å². The molecule has 4 rings (SSSR count). The topological polar surface area (TPSA) is 108 Å². The molecule has 10 nitrogen and oxygen atoms in total. The van der Waals surface area contributed by atoms with Crippen LogP contribution in [-0.2, 0) is 11.3 Å². The van der Waals surface area contributed by atoms with Gasteiger partial charge in [0.15, 0.2) is 22.5 Å². The van der Waals surface area contributed by atoms with Gasteiger partial charge in [0, 0.05) is 17.7 Å². The molecule has 2 aromatic heterocycles. The van der Waals surface area contributed by atoms with Crippen LogP contribution in [0, 0.1) is 13.8 Å². The molecule has 2 heterocycles. The van der Waals surface area contributed by atoms with E-state index in [0.717, 1.165) is 28.2 Å². The SMILES string of the molecule is CCn1c(SCC(=O)NN=Cc2c(C)nn(-c3ccccc3)c2C)nnc1-c1ccc(OC)c(OC)c1. The van der Waals surface area contributed by atoms with Gasteiger partial charge in [-0.1, -0.05) is 30.0 Å². The van der Waals surface area contributed by atoms with Crippen LogP contribution in [0.25, 0.3) is 17.1 Å². The van der Waals surface area contributed by atoms with Crippen molar-refractivity contribution in [3.05, 3.63) is 65.5 Å². The second-order valence-corrected chi connectivity index (χ2v) is 8.98. The Labute approximate surface area is 219 Å². The molecule has 0 saturated heterocycles. The summed E-state index contributed by atoms with van der Waals surface area (Å²) in [7, 11) is 3.18. The van der Waals surface area contributed by atoms with E-state index in [4.69, 9.17) is 9.47 Å². The number of rotatable bonds is 10. The highest BCUT2D eigenvalue weighted by molar-refractivity contribution is 7.99. The number of hydrogen-bond donors (Lipinski definition) is 1. The molecule has 0 aliphatic heterocycles. The van der Waals surface area contributed by atoms with Gasteiger partial charge in [0.25, 0.3) is 5.91 Å². The highest BCUT2D eigenvalue weighted by Gasteiger charge is 2.17. The number of carbonyl (C=O) groups excluding carboxylic acids is 1. The number of benzene rings is 2. The molecule has 0 atom stereocenters. The molecule has 0 aliphatic carbocycles. The minimum absolute atomic E-state index is 0.142. The van der Waals surface area contributed by atoms with Gasteiger partial charge in [0.05, 0.1) is 43.3 Å². The molecule has 0 aliphatic rings. The van der Waals surface area contributed by atoms with E-state index >= 15 is 0 Å². The van der Waals surface area contributed by atoms with Gasteiger partial charge in [0.2, 0.25) is 0 Å². The second-order valence-electron chi connectivity index (χ2n) is 8.03. The first-order valence-electron chi connectivity index (χ1n) is 11.7. The molecule has 4 aromatic rings. The van der Waals surface area contributed by atoms with Crippen LogP contribution in [0.3, 0.4) is 0 Å². The number of para-hydroxylation sites is 1. The Morgan fingerprint density at radius 2 is 1.84 bits per heavy atom. The van der Waals surface area contributed by atoms with E-state index in [1.54, 1.807) is 20.4 Å². The fourth-order valence-corrected chi connectivity index (χ4v) is 4.66. The smallest absolute Gasteiger partial charge is 0.250 e. The van der Waals surface area contributed by atoms with Gasteiger partial charge in [-0.25, -0.2) is 10.1 Å². The molecule has 1 amide bonds. The number of nitrogens with zero attached hydrogens (tertiary/aromatic N) is 6. The molecular weight excluding hydrogens is 490 g/mol. The van der Waals surface area contributed by atoms with Crippen molar-refractivity contribution in [2.45, 2.75) is 32.5 Å². The molecule has 0 saturated carbocycles. The van der Waals surface area contributed by atoms with Crippen molar-refractivity contribution in [2.24, 2.45) is 5.10 Å². The Kier molecular flexibility index (Phi) is 8.24. The van der Waals surface area contributed by atoms with E-state index in [-0.39, 0.29) is 11.7 Å². The summed E-state index contributed by atoms with van der Waals surface area (Å²) in [5.74, 6) is 1.83. The van der Waals surface area contributed by atoms with E-state index < -0.39 is 0 Å². The maximum Gasteiger partial charge on any atom is 0.250 e. The predicted molar refractivity (Wildman–Crippen MR) is 144 cm³/mol. The Bertz CT molecular complexity index is 1410. The van der Waals surface area contributed by atoms with E-state index in [1.807, 2.05) is 78.6 Å². The number of hydrogen-bond acceptors (Lipinski definition) is 8. The summed E-state index contributed by atoms with van der Waals surface area (Å²) in [6, 6.07) is 15.5. The molecule has 0 unspecified atom stereocenters. The summed E-state index contributed by atoms with van der Waals surface area (Å²) in [6.07, 6.45) is 1.63. The molecule has 0 radical (unpaired) electrons. The van der Waals surface area contributed by atoms with Crippen LogP contribution >= 0.6 is 11.8 Å². The zero-order chi connectivity index (χ0) is 26.4. The van der Waals surface area contributed by atoms with E-state index in [2.05, 4.69) is 25.8 Å². The van der Waals surface area contributed by atoms with Crippen LogP contribution in [0.1, 0.15) is 23.9 Å². The highest BCUT2D eigenvalue weighted by atomic mass is 32.2. The summed E-state index contributed by atoms with van der Waals surface area (Å²) in [5.41, 5.74) is 7.03. The summed E-state index contributed by atoms with van der Waals surface area (Å²) < 4.78 is 14.5. The van der Waals surface area contributed by atoms with Gasteiger partial charge < -0.3 is 14.0 Å². The van der Waals surface area contributed by atoms with Crippen molar-refractivity contribution in [3.63, 3.8) is 0 Å². The molecule has 192 valence electrons. The predicted octanol–water partition coefficient (Wildman–Crippen LogP) is 4.03. The Hall–Kier alpha value is -4.12. The first-order valence-corrected chi connectivity index (χ1v) is 12.7. The van der Waals surface area contributed by atoms with E-state index in [1.165, 1.54) is 11.8 Å². The van der Waals surface area contributed by atoms with Crippen LogP contribution in [0.15, 0.2) is 58.8 Å². The molecule has 0 spiro atoms. The standard InChI is InChI=1S/C26H29N7O3S/c1-6-32-25(19-12-13-22(35-4)23(14-19)36-5)29-30-26(32)37-16-24(34)28-27-15-21-17(2)31-33(18(21)3)20-10-8-7-9-11-20/h7-15H,6,16H2,1-5H3,(H,28,34). The third-order valence-corrected chi connectivity index (χ3v) is 6.70. The van der Waals surface area contributed by atoms with Gasteiger partial charge >= 0.3 is 0 Å². The maximum atomic E-state index is 12.5. The lowest BCUT2D eigenvalue weighted by atomic mass is 10.2. The van der Waals surface area contributed by atoms with Crippen molar-refractivity contribution in [3.8, 4) is 28.6 Å². The first kappa shape index (κ1) is 26.0. The number of nitrogens with one attached hydrogen (secondary N) is 1. The van der Waals surface area contributed by atoms with Crippen LogP contribution in [0.2, 0.25) is 0 Å². The molecule has 11 heteroatoms. The number of hydrazone groups is 1. The summed E-state index contributed by atoms with van der Waals surface area (Å²) in [4.78, 5) is 12.5. The molecule has 0 bridgehead atoms. The van der Waals surface area contributed by atoms with Gasteiger partial charge in [-0.15, -0.1) is 10.2 Å². The van der Waals surface area contributed by atoms with Crippen LogP contribution in [-0.4, -0.2) is 56.6 Å². The number of ether oxygens (including phenoxy) is 2. The zero-order valence-electron chi connectivity index (χ0n) is 21.4. The molecule has 2 aromatic carbocycles. The van der Waals surface area contributed by atoms with Gasteiger partial charge in [-0.2, -0.15) is 10.2 Å². The number of thioether (sulfide) groups is 1. The minimum atomic E-state index is -0.245. The molecule has 1 N–H and O–H groups in total. The molecule has 37 heavy (non-hydrogen) atoms. The number of aromatic nitrogens is 5. The maximum absolute atomic E-state index is 12.5. The first-order chi connectivity index (χ1) is 18.0. The summed E-state index contributed by atoms with van der Waals surface area (Å²) >= 11 is 1.30. The average Bonchev–Trinajstić information content (AvgIpc) is 3.47. The second kappa shape index (κ2) is 11.7. The minimum Gasteiger partial charge on any atom is -0.493 e. The highest BCUT2D eigenvalue weighted by Crippen LogP contribution is 2.32. The third kappa shape index (κ3) is 5.67. The van der Waals surface area contributed by atoms with Crippen molar-refractivity contribution >= 4 is 23.9 Å². The molecular formula is C26H29N7O3S. The van der Waals surface area contributed by atoms with Crippen LogP contribution in [0.5, 0.6) is 11.5 Å². The number of methoxy groups -OCH3 is 2. The lowest BCUT2D eigenvalue weighted by molar-refractivity contribution is -0.118. The quantitative estimate of drug-likeness (QED) is 0.191. The zero-order valence-corrected chi connectivity index (χ0v) is 22.2. The largest absolute Gasteiger partial charge is 0.493 e. The van der Waals surface area contributed by atoms with E-state index in [0.29, 0.717) is 29.0 Å². The van der Waals surface area contributed by atoms with Crippen molar-refractivity contribution in [2.75, 3.05) is 20.0 Å². The Morgan fingerprint density at radius 1 is 1.08 bits per heavy atom. The average molecular weight is 520 g/mol. The van der Waals surface area contributed by atoms with Gasteiger partial charge in [-0.05, 0) is 51.1 Å². The fraction of sp³-hybridized carbons (Fsp3) is 0.269. The number of aryl methyl sites for hydroxylation is 1. The van der Waals surface area contributed by atoms with Crippen molar-refractivity contribution in [1.29, 1.82) is 0 Å². The number of carbonyl (C=O) groups is 1. The van der Waals surface area contributed by atoms with E-state index in [9.17, 15) is 4.79 Å². The number of amides is 1. The lowest BCUT2D eigenvalue weighted by Crippen LogP contribution is -2.20. The van der Waals surface area contributed by atoms with Crippen LogP contribution < -0.4 is 14.9 Å². The fourth-order valence-electron chi connectivity index (χ4n) is 3.86. The monoisotopic (exact) mass is 519 g/mol. The summed E-state index contributed by atoms with van der Waals surface area (Å²) in [5, 5.41) is 18.0. The third-order valence-electron chi connectivity index (χ3n) is 5.74. The van der Waals surface area contributed by atoms with Crippen molar-refractivity contribution in [1.82, 2.24) is 30.0 Å². The normalized spacial score (nSPS) is 11.2. The Balaban J connectivity index is 1.40. The van der Waals surface area contributed by atoms with Gasteiger partial charge in [-0.3, -0.25) is 4.79 Å². The lowest BCUT2D eigenvalue weighted by Gasteiger charge is -2.10. The summed E-state index contributed by atoms with van der Waals surface area (Å²) in [6.45, 7) is 6.53. The molecule has 0 fully saturated rings.